The molecule has 21 heavy (non-hydrogen) atoms. The number of para-hydroxylation sites is 2. The summed E-state index contributed by atoms with van der Waals surface area (Å²) in [6, 6.07) is 13.4. The molecule has 0 radical (unpaired) electrons. The van der Waals surface area contributed by atoms with Crippen LogP contribution >= 0.6 is 0 Å². The number of hydrogen-bond donors (Lipinski definition) is 2. The largest absolute Gasteiger partial charge is 0.508 e. The van der Waals surface area contributed by atoms with Crippen molar-refractivity contribution >= 4 is 11.6 Å². The summed E-state index contributed by atoms with van der Waals surface area (Å²) < 4.78 is 5.24. The van der Waals surface area contributed by atoms with E-state index in [1.165, 1.54) is 6.07 Å². The van der Waals surface area contributed by atoms with Crippen LogP contribution in [-0.2, 0) is 0 Å². The van der Waals surface area contributed by atoms with E-state index in [1.54, 1.807) is 43.3 Å². The number of nitrogens with one attached hydrogen (secondary N) is 1. The zero-order valence-electron chi connectivity index (χ0n) is 11.5. The highest BCUT2D eigenvalue weighted by molar-refractivity contribution is 6.05. The van der Waals surface area contributed by atoms with Gasteiger partial charge in [0.15, 0.2) is 6.61 Å². The Bertz CT molecular complexity index is 705. The lowest BCUT2D eigenvalue weighted by atomic mass is 10.1. The first-order chi connectivity index (χ1) is 10.1. The summed E-state index contributed by atoms with van der Waals surface area (Å²) >= 11 is 0. The molecule has 0 saturated carbocycles. The molecule has 2 aromatic carbocycles. The maximum Gasteiger partial charge on any atom is 0.255 e. The average Bonchev–Trinajstić information content (AvgIpc) is 2.49. The number of aryl methyl sites for hydroxylation is 1. The number of carbonyl (C=O) groups excluding carboxylic acids is 1. The van der Waals surface area contributed by atoms with E-state index in [0.29, 0.717) is 22.6 Å². The van der Waals surface area contributed by atoms with Gasteiger partial charge in [0.2, 0.25) is 0 Å². The molecule has 2 N–H and O–H groups in total. The number of aromatic hydroxyl groups is 1. The van der Waals surface area contributed by atoms with Crippen LogP contribution in [0.1, 0.15) is 15.9 Å². The molecule has 0 aliphatic rings. The standard InChI is InChI=1S/C16H14N2O3/c1-11-6-7-12(10-14(11)19)16(20)18-13-4-2-3-5-15(13)21-9-8-17/h2-7,10,19H,9H2,1H3,(H,18,20). The minimum atomic E-state index is -0.363. The molecular weight excluding hydrogens is 268 g/mol. The quantitative estimate of drug-likeness (QED) is 0.903. The third-order valence-corrected chi connectivity index (χ3v) is 2.90. The van der Waals surface area contributed by atoms with Crippen molar-refractivity contribution < 1.29 is 14.6 Å². The Morgan fingerprint density at radius 1 is 1.33 bits per heavy atom. The van der Waals surface area contributed by atoms with Gasteiger partial charge in [-0.3, -0.25) is 4.79 Å². The second kappa shape index (κ2) is 6.44. The van der Waals surface area contributed by atoms with Crippen molar-refractivity contribution in [1.82, 2.24) is 0 Å². The van der Waals surface area contributed by atoms with Crippen LogP contribution in [-0.4, -0.2) is 17.6 Å². The summed E-state index contributed by atoms with van der Waals surface area (Å²) in [7, 11) is 0. The molecule has 2 aromatic rings. The molecule has 0 heterocycles. The van der Waals surface area contributed by atoms with E-state index in [0.717, 1.165) is 0 Å². The highest BCUT2D eigenvalue weighted by Crippen LogP contribution is 2.25. The topological polar surface area (TPSA) is 82.3 Å². The van der Waals surface area contributed by atoms with E-state index in [2.05, 4.69) is 5.32 Å². The lowest BCUT2D eigenvalue weighted by Gasteiger charge is -2.11. The summed E-state index contributed by atoms with van der Waals surface area (Å²) in [6.07, 6.45) is 0. The van der Waals surface area contributed by atoms with E-state index >= 15 is 0 Å². The van der Waals surface area contributed by atoms with Crippen molar-refractivity contribution in [1.29, 1.82) is 5.26 Å². The van der Waals surface area contributed by atoms with Crippen LogP contribution in [0.5, 0.6) is 11.5 Å². The van der Waals surface area contributed by atoms with Crippen molar-refractivity contribution in [2.24, 2.45) is 0 Å². The molecule has 0 unspecified atom stereocenters. The van der Waals surface area contributed by atoms with Crippen LogP contribution in [0.15, 0.2) is 42.5 Å². The number of benzene rings is 2. The lowest BCUT2D eigenvalue weighted by molar-refractivity contribution is 0.102. The number of phenols is 1. The van der Waals surface area contributed by atoms with E-state index in [9.17, 15) is 9.90 Å². The van der Waals surface area contributed by atoms with Crippen molar-refractivity contribution in [3.8, 4) is 17.6 Å². The van der Waals surface area contributed by atoms with Crippen LogP contribution in [0, 0.1) is 18.3 Å². The normalized spacial score (nSPS) is 9.71. The Hall–Kier alpha value is -3.00. The van der Waals surface area contributed by atoms with Crippen LogP contribution in [0.25, 0.3) is 0 Å². The van der Waals surface area contributed by atoms with Gasteiger partial charge in [-0.05, 0) is 36.8 Å². The van der Waals surface area contributed by atoms with Crippen LogP contribution in [0.3, 0.4) is 0 Å². The second-order valence-corrected chi connectivity index (χ2v) is 4.40. The Kier molecular flexibility index (Phi) is 4.42. The highest BCUT2D eigenvalue weighted by Gasteiger charge is 2.11. The molecule has 0 saturated heterocycles. The van der Waals surface area contributed by atoms with Gasteiger partial charge in [-0.2, -0.15) is 5.26 Å². The molecule has 5 heteroatoms. The van der Waals surface area contributed by atoms with Crippen molar-refractivity contribution in [2.45, 2.75) is 6.92 Å². The zero-order chi connectivity index (χ0) is 15.2. The molecule has 0 aliphatic carbocycles. The number of phenolic OH excluding ortho intramolecular Hbond substituents is 1. The van der Waals surface area contributed by atoms with Gasteiger partial charge in [0.05, 0.1) is 5.69 Å². The summed E-state index contributed by atoms with van der Waals surface area (Å²) in [5.74, 6) is 0.124. The number of nitriles is 1. The van der Waals surface area contributed by atoms with Crippen molar-refractivity contribution in [2.75, 3.05) is 11.9 Å². The maximum absolute atomic E-state index is 12.2. The fourth-order valence-electron chi connectivity index (χ4n) is 1.75. The zero-order valence-corrected chi connectivity index (χ0v) is 11.5. The Morgan fingerprint density at radius 2 is 2.10 bits per heavy atom. The highest BCUT2D eigenvalue weighted by atomic mass is 16.5. The monoisotopic (exact) mass is 282 g/mol. The fourth-order valence-corrected chi connectivity index (χ4v) is 1.75. The predicted octanol–water partition coefficient (Wildman–Crippen LogP) is 2.86. The number of carbonyl (C=O) groups is 1. The van der Waals surface area contributed by atoms with Crippen molar-refractivity contribution in [3.05, 3.63) is 53.6 Å². The lowest BCUT2D eigenvalue weighted by Crippen LogP contribution is -2.13. The van der Waals surface area contributed by atoms with Gasteiger partial charge in [0.1, 0.15) is 17.6 Å². The van der Waals surface area contributed by atoms with Crippen LogP contribution in [0.4, 0.5) is 5.69 Å². The third-order valence-electron chi connectivity index (χ3n) is 2.90. The second-order valence-electron chi connectivity index (χ2n) is 4.40. The molecular formula is C16H14N2O3. The SMILES string of the molecule is Cc1ccc(C(=O)Nc2ccccc2OCC#N)cc1O. The molecule has 0 bridgehead atoms. The molecule has 0 aromatic heterocycles. The smallest absolute Gasteiger partial charge is 0.255 e. The molecule has 0 fully saturated rings. The molecule has 5 nitrogen and oxygen atoms in total. The number of nitrogens with zero attached hydrogens (tertiary/aromatic N) is 1. The number of hydrogen-bond acceptors (Lipinski definition) is 4. The molecule has 2 rings (SSSR count). The average molecular weight is 282 g/mol. The minimum absolute atomic E-state index is 0.0664. The van der Waals surface area contributed by atoms with Crippen LogP contribution in [0.2, 0.25) is 0 Å². The molecule has 1 amide bonds. The fraction of sp³-hybridized carbons (Fsp3) is 0.125. The third kappa shape index (κ3) is 3.51. The van der Waals surface area contributed by atoms with Gasteiger partial charge in [-0.25, -0.2) is 0 Å². The first-order valence-corrected chi connectivity index (χ1v) is 6.31. The summed E-state index contributed by atoms with van der Waals surface area (Å²) in [5.41, 5.74) is 1.51. The summed E-state index contributed by atoms with van der Waals surface area (Å²) in [6.45, 7) is 1.65. The van der Waals surface area contributed by atoms with Gasteiger partial charge in [0, 0.05) is 5.56 Å². The Morgan fingerprint density at radius 3 is 2.81 bits per heavy atom. The Labute approximate surface area is 122 Å². The number of ether oxygens (including phenoxy) is 1. The predicted molar refractivity (Wildman–Crippen MR) is 78.3 cm³/mol. The summed E-state index contributed by atoms with van der Waals surface area (Å²) in [5, 5.41) is 20.9. The molecule has 0 spiro atoms. The van der Waals surface area contributed by atoms with Crippen LogP contribution < -0.4 is 10.1 Å². The van der Waals surface area contributed by atoms with Gasteiger partial charge < -0.3 is 15.2 Å². The van der Waals surface area contributed by atoms with Gasteiger partial charge in [0.25, 0.3) is 5.91 Å². The van der Waals surface area contributed by atoms with Crippen molar-refractivity contribution in [3.63, 3.8) is 0 Å². The minimum Gasteiger partial charge on any atom is -0.508 e. The molecule has 106 valence electrons. The Balaban J connectivity index is 2.19. The number of anilines is 1. The summed E-state index contributed by atoms with van der Waals surface area (Å²) in [4.78, 5) is 12.2. The number of amides is 1. The number of rotatable bonds is 4. The van der Waals surface area contributed by atoms with E-state index in [-0.39, 0.29) is 18.3 Å². The van der Waals surface area contributed by atoms with E-state index < -0.39 is 0 Å². The maximum atomic E-state index is 12.2. The van der Waals surface area contributed by atoms with E-state index in [1.807, 2.05) is 6.07 Å². The first kappa shape index (κ1) is 14.4. The van der Waals surface area contributed by atoms with Gasteiger partial charge >= 0.3 is 0 Å². The molecule has 0 aliphatic heterocycles. The van der Waals surface area contributed by atoms with Gasteiger partial charge in [-0.1, -0.05) is 18.2 Å². The first-order valence-electron chi connectivity index (χ1n) is 6.31. The molecule has 0 atom stereocenters. The van der Waals surface area contributed by atoms with E-state index in [4.69, 9.17) is 10.00 Å². The van der Waals surface area contributed by atoms with Gasteiger partial charge in [-0.15, -0.1) is 0 Å².